The molecule has 6 heteroatoms. The maximum absolute atomic E-state index is 14.2. The van der Waals surface area contributed by atoms with Gasteiger partial charge in [-0.25, -0.2) is 0 Å². The molecule has 0 saturated heterocycles. The maximum Gasteiger partial charge on any atom is 0.172 e. The summed E-state index contributed by atoms with van der Waals surface area (Å²) in [7, 11) is 0. The van der Waals surface area contributed by atoms with Crippen LogP contribution in [-0.2, 0) is 30.5 Å². The van der Waals surface area contributed by atoms with Crippen molar-refractivity contribution >= 4 is 5.78 Å². The largest absolute Gasteiger partial charge is 0.394 e. The van der Waals surface area contributed by atoms with Crippen LogP contribution < -0.4 is 0 Å². The van der Waals surface area contributed by atoms with E-state index in [1.54, 1.807) is 115 Å². The Kier molecular flexibility index (Phi) is 9.30. The number of Topliss-reactive ketones (excluding diaryl/α,β-unsaturated/α-hetero) is 1. The van der Waals surface area contributed by atoms with Crippen molar-refractivity contribution in [2.24, 2.45) is 0 Å². The Hall–Kier alpha value is -3.65. The van der Waals surface area contributed by atoms with Crippen LogP contribution in [0.2, 0.25) is 0 Å². The highest BCUT2D eigenvalue weighted by molar-refractivity contribution is 5.91. The van der Waals surface area contributed by atoms with Gasteiger partial charge in [0.25, 0.3) is 0 Å². The summed E-state index contributed by atoms with van der Waals surface area (Å²) in [5, 5.41) is 59.0. The van der Waals surface area contributed by atoms with Gasteiger partial charge in [-0.15, -0.1) is 0 Å². The van der Waals surface area contributed by atoms with Gasteiger partial charge in [-0.2, -0.15) is 0 Å². The molecular formula is C34H36O6. The third-order valence-electron chi connectivity index (χ3n) is 7.72. The van der Waals surface area contributed by atoms with E-state index in [2.05, 4.69) is 0 Å². The normalized spacial score (nSPS) is 16.7. The molecule has 0 radical (unpaired) electrons. The highest BCUT2D eigenvalue weighted by atomic mass is 16.4. The van der Waals surface area contributed by atoms with Gasteiger partial charge < -0.3 is 25.5 Å². The number of rotatable bonds is 13. The van der Waals surface area contributed by atoms with Crippen LogP contribution in [0.15, 0.2) is 121 Å². The van der Waals surface area contributed by atoms with E-state index in [-0.39, 0.29) is 25.7 Å². The molecule has 0 aliphatic heterocycles. The third kappa shape index (κ3) is 6.07. The highest BCUT2D eigenvalue weighted by Gasteiger charge is 2.66. The summed E-state index contributed by atoms with van der Waals surface area (Å²) >= 11 is 0. The summed E-state index contributed by atoms with van der Waals surface area (Å²) in [4.78, 5) is 14.2. The van der Waals surface area contributed by atoms with E-state index in [1.165, 1.54) is 0 Å². The quantitative estimate of drug-likeness (QED) is 0.178. The molecule has 0 unspecified atom stereocenters. The van der Waals surface area contributed by atoms with Gasteiger partial charge in [-0.05, 0) is 22.3 Å². The first-order valence-corrected chi connectivity index (χ1v) is 13.4. The second kappa shape index (κ2) is 12.7. The molecule has 0 aliphatic carbocycles. The first kappa shape index (κ1) is 29.3. The molecule has 0 aromatic heterocycles. The van der Waals surface area contributed by atoms with Crippen LogP contribution in [0.25, 0.3) is 0 Å². The smallest absolute Gasteiger partial charge is 0.172 e. The summed E-state index contributed by atoms with van der Waals surface area (Å²) in [6, 6.07) is 35.0. The average Bonchev–Trinajstić information content (AvgIpc) is 2.98. The molecule has 4 aromatic rings. The molecular weight excluding hydrogens is 504 g/mol. The first-order chi connectivity index (χ1) is 19.2. The van der Waals surface area contributed by atoms with Gasteiger partial charge in [0, 0.05) is 25.7 Å². The lowest BCUT2D eigenvalue weighted by Crippen LogP contribution is -2.77. The molecule has 0 amide bonds. The van der Waals surface area contributed by atoms with Crippen LogP contribution in [-0.4, -0.2) is 60.8 Å². The van der Waals surface area contributed by atoms with Crippen molar-refractivity contribution in [1.82, 2.24) is 0 Å². The van der Waals surface area contributed by atoms with Gasteiger partial charge in [0.05, 0.1) is 6.61 Å². The number of carbonyl (C=O) groups excluding carboxylic acids is 1. The number of carbonyl (C=O) groups is 1. The number of aliphatic hydroxyl groups is 5. The number of hydrogen-bond acceptors (Lipinski definition) is 6. The lowest BCUT2D eigenvalue weighted by Gasteiger charge is -2.53. The third-order valence-corrected chi connectivity index (χ3v) is 7.72. The zero-order valence-corrected chi connectivity index (χ0v) is 22.3. The minimum absolute atomic E-state index is 0.224. The van der Waals surface area contributed by atoms with Crippen molar-refractivity contribution in [3.8, 4) is 0 Å². The van der Waals surface area contributed by atoms with Crippen molar-refractivity contribution in [1.29, 1.82) is 0 Å². The van der Waals surface area contributed by atoms with Crippen molar-refractivity contribution in [3.05, 3.63) is 144 Å². The number of benzene rings is 4. The lowest BCUT2D eigenvalue weighted by atomic mass is 9.60. The summed E-state index contributed by atoms with van der Waals surface area (Å²) in [6.07, 6.45) is -3.17. The van der Waals surface area contributed by atoms with E-state index in [1.807, 2.05) is 6.07 Å². The molecule has 4 aromatic carbocycles. The Morgan fingerprint density at radius 3 is 1.38 bits per heavy atom. The first-order valence-electron chi connectivity index (χ1n) is 13.4. The van der Waals surface area contributed by atoms with Crippen molar-refractivity contribution < 1.29 is 30.3 Å². The highest BCUT2D eigenvalue weighted by Crippen LogP contribution is 2.43. The Balaban J connectivity index is 1.94. The zero-order chi connectivity index (χ0) is 28.6. The molecule has 0 bridgehead atoms. The molecule has 40 heavy (non-hydrogen) atoms. The molecule has 6 nitrogen and oxygen atoms in total. The van der Waals surface area contributed by atoms with Crippen LogP contribution in [0.1, 0.15) is 22.3 Å². The predicted octanol–water partition coefficient (Wildman–Crippen LogP) is 3.07. The molecule has 208 valence electrons. The number of aliphatic hydroxyl groups excluding tert-OH is 2. The van der Waals surface area contributed by atoms with Gasteiger partial charge in [0.2, 0.25) is 0 Å². The van der Waals surface area contributed by atoms with Crippen molar-refractivity contribution in [3.63, 3.8) is 0 Å². The fourth-order valence-electron chi connectivity index (χ4n) is 5.44. The van der Waals surface area contributed by atoms with Crippen LogP contribution in [0.4, 0.5) is 0 Å². The van der Waals surface area contributed by atoms with Gasteiger partial charge in [-0.3, -0.25) is 4.79 Å². The van der Waals surface area contributed by atoms with E-state index in [0.717, 1.165) is 0 Å². The Morgan fingerprint density at radius 1 is 0.575 bits per heavy atom. The Labute approximate surface area is 234 Å². The van der Waals surface area contributed by atoms with E-state index >= 15 is 0 Å². The van der Waals surface area contributed by atoms with Gasteiger partial charge >= 0.3 is 0 Å². The van der Waals surface area contributed by atoms with Crippen LogP contribution in [0.3, 0.4) is 0 Å². The predicted molar refractivity (Wildman–Crippen MR) is 154 cm³/mol. The zero-order valence-electron chi connectivity index (χ0n) is 22.3. The molecule has 0 spiro atoms. The number of ketones is 1. The lowest BCUT2D eigenvalue weighted by molar-refractivity contribution is -0.269. The molecule has 4 atom stereocenters. The van der Waals surface area contributed by atoms with Gasteiger partial charge in [0.15, 0.2) is 11.4 Å². The second-order valence-corrected chi connectivity index (χ2v) is 10.4. The summed E-state index contributed by atoms with van der Waals surface area (Å²) in [5.41, 5.74) is -5.54. The van der Waals surface area contributed by atoms with Crippen LogP contribution >= 0.6 is 0 Å². The monoisotopic (exact) mass is 540 g/mol. The SMILES string of the molecule is O=C(Cc1ccccc1)[C@](O)(Cc1ccccc1)[C@@](O)(Cc1ccccc1)[C@@](O)(Cc1ccccc1)[C@@H](O)CO. The van der Waals surface area contributed by atoms with E-state index in [9.17, 15) is 30.3 Å². The summed E-state index contributed by atoms with van der Waals surface area (Å²) in [5.74, 6) is -0.724. The van der Waals surface area contributed by atoms with E-state index < -0.39 is 35.3 Å². The molecule has 5 N–H and O–H groups in total. The average molecular weight is 541 g/mol. The topological polar surface area (TPSA) is 118 Å². The molecule has 0 saturated carbocycles. The summed E-state index contributed by atoms with van der Waals surface area (Å²) < 4.78 is 0. The maximum atomic E-state index is 14.2. The van der Waals surface area contributed by atoms with E-state index in [0.29, 0.717) is 22.3 Å². The minimum atomic E-state index is -2.65. The molecule has 4 rings (SSSR count). The van der Waals surface area contributed by atoms with Crippen LogP contribution in [0, 0.1) is 0 Å². The summed E-state index contributed by atoms with van der Waals surface area (Å²) in [6.45, 7) is -0.908. The second-order valence-electron chi connectivity index (χ2n) is 10.4. The Morgan fingerprint density at radius 2 is 0.950 bits per heavy atom. The standard InChI is InChI=1S/C34H36O6/c35-25-31(37)33(39,23-28-17-9-3-10-18-28)34(40,24-29-19-11-4-12-20-29)32(38,22-27-15-7-2-8-16-27)30(36)21-26-13-5-1-6-14-26/h1-20,31,35,37-40H,21-25H2/t31-,32+,33+,34-/m0/s1. The minimum Gasteiger partial charge on any atom is -0.394 e. The fraction of sp³-hybridized carbons (Fsp3) is 0.265. The van der Waals surface area contributed by atoms with E-state index in [4.69, 9.17) is 0 Å². The van der Waals surface area contributed by atoms with Crippen molar-refractivity contribution in [2.45, 2.75) is 48.6 Å². The fourth-order valence-corrected chi connectivity index (χ4v) is 5.44. The van der Waals surface area contributed by atoms with Crippen molar-refractivity contribution in [2.75, 3.05) is 6.61 Å². The van der Waals surface area contributed by atoms with Crippen LogP contribution in [0.5, 0.6) is 0 Å². The van der Waals surface area contributed by atoms with Gasteiger partial charge in [0.1, 0.15) is 17.3 Å². The molecule has 0 aliphatic rings. The molecule has 0 fully saturated rings. The Bertz CT molecular complexity index is 1350. The van der Waals surface area contributed by atoms with Gasteiger partial charge in [-0.1, -0.05) is 121 Å². The molecule has 0 heterocycles. The number of hydrogen-bond donors (Lipinski definition) is 5.